The van der Waals surface area contributed by atoms with Crippen molar-refractivity contribution < 1.29 is 27.8 Å². The van der Waals surface area contributed by atoms with E-state index >= 15 is 0 Å². The highest BCUT2D eigenvalue weighted by molar-refractivity contribution is 7.82. The number of aromatic hydroxyl groups is 1. The van der Waals surface area contributed by atoms with E-state index < -0.39 is 17.6 Å². The quantitative estimate of drug-likeness (QED) is 0.397. The second-order valence-corrected chi connectivity index (χ2v) is 5.76. The van der Waals surface area contributed by atoms with Gasteiger partial charge in [0.25, 0.3) is 5.91 Å². The Balaban J connectivity index is 1.95. The van der Waals surface area contributed by atoms with Gasteiger partial charge in [-0.3, -0.25) is 10.2 Å². The first-order valence-electron chi connectivity index (χ1n) is 7.98. The SMILES string of the molecule is CCOc1cccc(C=NNC(=S)C(=O)Nc2ccc(C(F)(F)F)cc2)c1O. The van der Waals surface area contributed by atoms with Gasteiger partial charge in [0.1, 0.15) is 0 Å². The van der Waals surface area contributed by atoms with Crippen molar-refractivity contribution in [1.29, 1.82) is 0 Å². The van der Waals surface area contributed by atoms with E-state index in [1.54, 1.807) is 25.1 Å². The number of ether oxygens (including phenoxy) is 1. The highest BCUT2D eigenvalue weighted by Gasteiger charge is 2.30. The van der Waals surface area contributed by atoms with Crippen LogP contribution in [0.4, 0.5) is 18.9 Å². The van der Waals surface area contributed by atoms with Crippen LogP contribution in [-0.4, -0.2) is 28.8 Å². The van der Waals surface area contributed by atoms with Crippen LogP contribution in [0.2, 0.25) is 0 Å². The Bertz CT molecular complexity index is 884. The van der Waals surface area contributed by atoms with Gasteiger partial charge in [-0.2, -0.15) is 18.3 Å². The molecule has 0 spiro atoms. The molecule has 0 saturated carbocycles. The lowest BCUT2D eigenvalue weighted by Crippen LogP contribution is -2.30. The summed E-state index contributed by atoms with van der Waals surface area (Å²) in [5, 5.41) is 16.2. The van der Waals surface area contributed by atoms with Crippen LogP contribution in [0.3, 0.4) is 0 Å². The van der Waals surface area contributed by atoms with Gasteiger partial charge in [-0.05, 0) is 43.3 Å². The Morgan fingerprint density at radius 1 is 1.25 bits per heavy atom. The maximum Gasteiger partial charge on any atom is 0.416 e. The molecule has 0 heterocycles. The molecule has 0 saturated heterocycles. The molecular formula is C18H16F3N3O3S. The molecule has 0 aliphatic heterocycles. The number of nitrogens with zero attached hydrogens (tertiary/aromatic N) is 1. The highest BCUT2D eigenvalue weighted by atomic mass is 32.1. The molecule has 0 aliphatic carbocycles. The number of nitrogens with one attached hydrogen (secondary N) is 2. The Hall–Kier alpha value is -3.14. The minimum Gasteiger partial charge on any atom is -0.504 e. The van der Waals surface area contributed by atoms with Gasteiger partial charge in [-0.1, -0.05) is 18.3 Å². The van der Waals surface area contributed by atoms with E-state index in [2.05, 4.69) is 15.8 Å². The topological polar surface area (TPSA) is 83.0 Å². The second kappa shape index (κ2) is 9.18. The number of halogens is 3. The van der Waals surface area contributed by atoms with Gasteiger partial charge in [0, 0.05) is 11.3 Å². The maximum absolute atomic E-state index is 12.5. The lowest BCUT2D eigenvalue weighted by Gasteiger charge is -2.09. The number of alkyl halides is 3. The van der Waals surface area contributed by atoms with Gasteiger partial charge >= 0.3 is 6.18 Å². The summed E-state index contributed by atoms with van der Waals surface area (Å²) in [7, 11) is 0. The van der Waals surface area contributed by atoms with Gasteiger partial charge < -0.3 is 15.2 Å². The predicted molar refractivity (Wildman–Crippen MR) is 103 cm³/mol. The van der Waals surface area contributed by atoms with Crippen molar-refractivity contribution in [1.82, 2.24) is 5.43 Å². The molecule has 0 bridgehead atoms. The minimum atomic E-state index is -4.46. The molecule has 6 nitrogen and oxygen atoms in total. The summed E-state index contributed by atoms with van der Waals surface area (Å²) in [5.74, 6) is -0.580. The zero-order chi connectivity index (χ0) is 20.7. The second-order valence-electron chi connectivity index (χ2n) is 5.36. The number of para-hydroxylation sites is 1. The largest absolute Gasteiger partial charge is 0.504 e. The van der Waals surface area contributed by atoms with Gasteiger partial charge in [0.05, 0.1) is 18.4 Å². The number of thiocarbonyl (C=S) groups is 1. The van der Waals surface area contributed by atoms with Crippen LogP contribution in [0, 0.1) is 0 Å². The Kier molecular flexibility index (Phi) is 6.94. The van der Waals surface area contributed by atoms with Gasteiger partial charge in [0.15, 0.2) is 16.5 Å². The Morgan fingerprint density at radius 3 is 2.54 bits per heavy atom. The fourth-order valence-corrected chi connectivity index (χ4v) is 2.16. The molecule has 0 unspecified atom stereocenters. The first kappa shape index (κ1) is 21.2. The van der Waals surface area contributed by atoms with Crippen molar-refractivity contribution in [3.05, 3.63) is 53.6 Å². The summed E-state index contributed by atoms with van der Waals surface area (Å²) in [6.07, 6.45) is -3.21. The summed E-state index contributed by atoms with van der Waals surface area (Å²) in [6.45, 7) is 2.15. The van der Waals surface area contributed by atoms with E-state index in [-0.39, 0.29) is 22.2 Å². The predicted octanol–water partition coefficient (Wildman–Crippen LogP) is 3.70. The summed E-state index contributed by atoms with van der Waals surface area (Å²) < 4.78 is 42.8. The van der Waals surface area contributed by atoms with E-state index in [1.807, 2.05) is 0 Å². The number of rotatable bonds is 5. The zero-order valence-corrected chi connectivity index (χ0v) is 15.4. The number of benzene rings is 2. The van der Waals surface area contributed by atoms with E-state index in [0.29, 0.717) is 12.2 Å². The summed E-state index contributed by atoms with van der Waals surface area (Å²) in [6, 6.07) is 8.74. The highest BCUT2D eigenvalue weighted by Crippen LogP contribution is 2.30. The average molecular weight is 411 g/mol. The lowest BCUT2D eigenvalue weighted by atomic mass is 10.2. The normalized spacial score (nSPS) is 11.3. The monoisotopic (exact) mass is 411 g/mol. The molecular weight excluding hydrogens is 395 g/mol. The van der Waals surface area contributed by atoms with Crippen molar-refractivity contribution in [2.24, 2.45) is 5.10 Å². The van der Waals surface area contributed by atoms with E-state index in [0.717, 1.165) is 24.3 Å². The van der Waals surface area contributed by atoms with Crippen molar-refractivity contribution in [2.75, 3.05) is 11.9 Å². The van der Waals surface area contributed by atoms with Crippen LogP contribution in [0.1, 0.15) is 18.1 Å². The Morgan fingerprint density at radius 2 is 1.93 bits per heavy atom. The van der Waals surface area contributed by atoms with Crippen molar-refractivity contribution in [3.63, 3.8) is 0 Å². The van der Waals surface area contributed by atoms with Gasteiger partial charge in [-0.15, -0.1) is 0 Å². The molecule has 3 N–H and O–H groups in total. The molecule has 28 heavy (non-hydrogen) atoms. The third-order valence-corrected chi connectivity index (χ3v) is 3.65. The Labute approximate surface area is 164 Å². The number of carbonyl (C=O) groups is 1. The smallest absolute Gasteiger partial charge is 0.416 e. The van der Waals surface area contributed by atoms with Crippen LogP contribution in [0.5, 0.6) is 11.5 Å². The molecule has 0 fully saturated rings. The number of hydrogen-bond acceptors (Lipinski definition) is 5. The van der Waals surface area contributed by atoms with Crippen molar-refractivity contribution in [3.8, 4) is 11.5 Å². The number of carbonyl (C=O) groups excluding carboxylic acids is 1. The van der Waals surface area contributed by atoms with Crippen molar-refractivity contribution in [2.45, 2.75) is 13.1 Å². The zero-order valence-electron chi connectivity index (χ0n) is 14.6. The van der Waals surface area contributed by atoms with Crippen LogP contribution >= 0.6 is 12.2 Å². The summed E-state index contributed by atoms with van der Waals surface area (Å²) in [4.78, 5) is 11.7. The molecule has 0 atom stereocenters. The van der Waals surface area contributed by atoms with E-state index in [9.17, 15) is 23.1 Å². The number of phenolic OH excluding ortho intramolecular Hbond substituents is 1. The molecule has 148 valence electrons. The molecule has 10 heteroatoms. The minimum absolute atomic E-state index is 0.116. The fourth-order valence-electron chi connectivity index (χ4n) is 2.06. The molecule has 2 aromatic carbocycles. The fraction of sp³-hybridized carbons (Fsp3) is 0.167. The number of hydrazone groups is 1. The van der Waals surface area contributed by atoms with Gasteiger partial charge in [0.2, 0.25) is 0 Å². The van der Waals surface area contributed by atoms with Crippen LogP contribution in [0.15, 0.2) is 47.6 Å². The number of phenols is 1. The molecule has 0 radical (unpaired) electrons. The molecule has 1 amide bonds. The third-order valence-electron chi connectivity index (χ3n) is 3.38. The molecule has 0 aliphatic rings. The van der Waals surface area contributed by atoms with E-state index in [4.69, 9.17) is 17.0 Å². The van der Waals surface area contributed by atoms with Crippen LogP contribution in [-0.2, 0) is 11.0 Å². The first-order valence-corrected chi connectivity index (χ1v) is 8.39. The average Bonchev–Trinajstić information content (AvgIpc) is 2.64. The summed E-state index contributed by atoms with van der Waals surface area (Å²) in [5.41, 5.74) is 1.98. The number of anilines is 1. The summed E-state index contributed by atoms with van der Waals surface area (Å²) >= 11 is 4.87. The van der Waals surface area contributed by atoms with Crippen LogP contribution in [0.25, 0.3) is 0 Å². The third kappa shape index (κ3) is 5.68. The molecule has 0 aromatic heterocycles. The maximum atomic E-state index is 12.5. The van der Waals surface area contributed by atoms with E-state index in [1.165, 1.54) is 6.21 Å². The molecule has 2 aromatic rings. The van der Waals surface area contributed by atoms with Gasteiger partial charge in [-0.25, -0.2) is 0 Å². The molecule has 2 rings (SSSR count). The lowest BCUT2D eigenvalue weighted by molar-refractivity contribution is -0.137. The van der Waals surface area contributed by atoms with Crippen molar-refractivity contribution >= 4 is 35.0 Å². The number of hydrogen-bond donors (Lipinski definition) is 3. The van der Waals surface area contributed by atoms with Crippen LogP contribution < -0.4 is 15.5 Å². The number of amides is 1. The standard InChI is InChI=1S/C18H16F3N3O3S/c1-2-27-14-5-3-4-11(15(14)25)10-22-24-17(28)16(26)23-13-8-6-12(7-9-13)18(19,20)21/h3-10,25H,2H2,1H3,(H,23,26)(H,24,28). The first-order chi connectivity index (χ1) is 13.2.